The molecule has 0 unspecified atom stereocenters. The number of aromatic nitrogens is 2. The lowest BCUT2D eigenvalue weighted by atomic mass is 10.1. The summed E-state index contributed by atoms with van der Waals surface area (Å²) in [5.74, 6) is -0.931. The minimum absolute atomic E-state index is 0.0973. The number of β-amino-alcohol motifs (C(OH)–C–C–N with tert-alkyl or cyclic N) is 1. The molecule has 9 heteroatoms. The van der Waals surface area contributed by atoms with Crippen LogP contribution in [0.4, 0.5) is 5.69 Å². The fourth-order valence-corrected chi connectivity index (χ4v) is 2.93. The molecule has 1 aromatic carbocycles. The molecule has 0 spiro atoms. The summed E-state index contributed by atoms with van der Waals surface area (Å²) in [4.78, 5) is 32.9. The summed E-state index contributed by atoms with van der Waals surface area (Å²) in [6.07, 6.45) is 1.63. The van der Waals surface area contributed by atoms with Gasteiger partial charge >= 0.3 is 5.97 Å². The summed E-state index contributed by atoms with van der Waals surface area (Å²) in [5, 5.41) is 12.1. The second-order valence-electron chi connectivity index (χ2n) is 5.79. The van der Waals surface area contributed by atoms with E-state index in [0.29, 0.717) is 10.5 Å². The molecule has 1 aliphatic rings. The number of rotatable bonds is 6. The van der Waals surface area contributed by atoms with E-state index >= 15 is 0 Å². The average Bonchev–Trinajstić information content (AvgIpc) is 2.98. The third kappa shape index (κ3) is 4.04. The van der Waals surface area contributed by atoms with Crippen LogP contribution in [0.2, 0.25) is 0 Å². The number of benzene rings is 1. The highest BCUT2D eigenvalue weighted by atomic mass is 32.1. The molecular weight excluding hydrogens is 368 g/mol. The lowest BCUT2D eigenvalue weighted by Gasteiger charge is -2.15. The smallest absolute Gasteiger partial charge is 0.337 e. The summed E-state index contributed by atoms with van der Waals surface area (Å²) >= 11 is 5.03. The van der Waals surface area contributed by atoms with Crippen molar-refractivity contribution in [2.24, 2.45) is 0 Å². The number of aliphatic hydroxyl groups excluding tert-OH is 1. The molecule has 140 valence electrons. The molecule has 1 aromatic heterocycles. The van der Waals surface area contributed by atoms with E-state index in [1.54, 1.807) is 18.3 Å². The van der Waals surface area contributed by atoms with Gasteiger partial charge in [0.05, 0.1) is 25.8 Å². The average molecular weight is 386 g/mol. The van der Waals surface area contributed by atoms with Gasteiger partial charge in [0.2, 0.25) is 0 Å². The Kier molecular flexibility index (Phi) is 5.63. The fraction of sp³-hybridized carbons (Fsp3) is 0.222. The van der Waals surface area contributed by atoms with Crippen LogP contribution in [0.1, 0.15) is 0 Å². The zero-order chi connectivity index (χ0) is 19.4. The molecule has 3 rings (SSSR count). The number of hydrogen-bond acceptors (Lipinski definition) is 7. The van der Waals surface area contributed by atoms with Crippen molar-refractivity contribution in [2.75, 3.05) is 32.1 Å². The van der Waals surface area contributed by atoms with E-state index in [4.69, 9.17) is 22.1 Å². The summed E-state index contributed by atoms with van der Waals surface area (Å²) in [5.41, 5.74) is 2.75. The first kappa shape index (κ1) is 18.7. The molecule has 0 aliphatic carbocycles. The van der Waals surface area contributed by atoms with E-state index in [-0.39, 0.29) is 36.9 Å². The van der Waals surface area contributed by atoms with Gasteiger partial charge in [0, 0.05) is 24.1 Å². The van der Waals surface area contributed by atoms with E-state index < -0.39 is 5.97 Å². The van der Waals surface area contributed by atoms with Crippen LogP contribution in [0, 0.1) is 4.77 Å². The van der Waals surface area contributed by atoms with Gasteiger partial charge in [-0.15, -0.1) is 0 Å². The van der Waals surface area contributed by atoms with E-state index in [0.717, 1.165) is 11.3 Å². The van der Waals surface area contributed by atoms with Crippen molar-refractivity contribution in [3.05, 3.63) is 52.6 Å². The standard InChI is InChI=1S/C18H18N4O4S/c1-26-17(25)13-10-22(8-9-23)16(24)15(13)20-12-4-2-11(3-5-12)14-6-7-19-18(27)21-14/h2-7,20,23H,8-10H2,1H3,(H,19,21,27). The molecule has 2 aromatic rings. The second-order valence-corrected chi connectivity index (χ2v) is 6.17. The number of ether oxygens (including phenoxy) is 1. The fourth-order valence-electron chi connectivity index (χ4n) is 2.76. The normalized spacial score (nSPS) is 13.9. The van der Waals surface area contributed by atoms with Crippen LogP contribution < -0.4 is 5.32 Å². The van der Waals surface area contributed by atoms with Crippen LogP contribution in [0.15, 0.2) is 47.8 Å². The third-order valence-corrected chi connectivity index (χ3v) is 4.30. The van der Waals surface area contributed by atoms with Crippen LogP contribution in [0.3, 0.4) is 0 Å². The number of aliphatic hydroxyl groups is 1. The number of carbonyl (C=O) groups excluding carboxylic acids is 2. The summed E-state index contributed by atoms with van der Waals surface area (Å²) in [6.45, 7) is 0.0558. The van der Waals surface area contributed by atoms with Gasteiger partial charge in [-0.05, 0) is 36.0 Å². The largest absolute Gasteiger partial charge is 0.466 e. The first-order valence-corrected chi connectivity index (χ1v) is 8.58. The number of nitrogens with one attached hydrogen (secondary N) is 2. The lowest BCUT2D eigenvalue weighted by molar-refractivity contribution is -0.136. The Labute approximate surface area is 160 Å². The van der Waals surface area contributed by atoms with Gasteiger partial charge in [-0.1, -0.05) is 12.1 Å². The van der Waals surface area contributed by atoms with Crippen molar-refractivity contribution < 1.29 is 19.4 Å². The van der Waals surface area contributed by atoms with Gasteiger partial charge in [0.15, 0.2) is 4.77 Å². The van der Waals surface area contributed by atoms with Crippen LogP contribution in [-0.2, 0) is 14.3 Å². The Morgan fingerprint density at radius 3 is 2.74 bits per heavy atom. The maximum absolute atomic E-state index is 12.5. The molecule has 0 radical (unpaired) electrons. The molecule has 0 saturated carbocycles. The number of methoxy groups -OCH3 is 1. The number of aromatic amines is 1. The topological polar surface area (TPSA) is 108 Å². The molecule has 2 heterocycles. The zero-order valence-corrected chi connectivity index (χ0v) is 15.4. The minimum atomic E-state index is -0.577. The second kappa shape index (κ2) is 8.11. The molecule has 8 nitrogen and oxygen atoms in total. The van der Waals surface area contributed by atoms with Crippen molar-refractivity contribution in [2.45, 2.75) is 0 Å². The Balaban J connectivity index is 1.85. The maximum atomic E-state index is 12.5. The van der Waals surface area contributed by atoms with Crippen LogP contribution in [-0.4, -0.2) is 58.7 Å². The predicted octanol–water partition coefficient (Wildman–Crippen LogP) is 1.48. The highest BCUT2D eigenvalue weighted by molar-refractivity contribution is 7.71. The molecule has 0 bridgehead atoms. The van der Waals surface area contributed by atoms with Crippen molar-refractivity contribution in [3.8, 4) is 11.3 Å². The van der Waals surface area contributed by atoms with Gasteiger partial charge in [-0.2, -0.15) is 0 Å². The number of H-pyrrole nitrogens is 1. The van der Waals surface area contributed by atoms with Crippen molar-refractivity contribution >= 4 is 29.8 Å². The van der Waals surface area contributed by atoms with Gasteiger partial charge in [0.1, 0.15) is 5.70 Å². The summed E-state index contributed by atoms with van der Waals surface area (Å²) in [6, 6.07) is 9.09. The SMILES string of the molecule is COC(=O)C1=C(Nc2ccc(-c3ccnc(=S)[nH]3)cc2)C(=O)N(CCO)C1. The number of esters is 1. The van der Waals surface area contributed by atoms with Crippen molar-refractivity contribution in [1.29, 1.82) is 0 Å². The van der Waals surface area contributed by atoms with E-state index in [2.05, 4.69) is 15.3 Å². The number of anilines is 1. The molecule has 27 heavy (non-hydrogen) atoms. The molecule has 1 aliphatic heterocycles. The van der Waals surface area contributed by atoms with Gasteiger partial charge < -0.3 is 25.0 Å². The minimum Gasteiger partial charge on any atom is -0.466 e. The maximum Gasteiger partial charge on any atom is 0.337 e. The Morgan fingerprint density at radius 2 is 2.11 bits per heavy atom. The van der Waals surface area contributed by atoms with Crippen LogP contribution in [0.25, 0.3) is 11.3 Å². The van der Waals surface area contributed by atoms with E-state index in [1.165, 1.54) is 12.0 Å². The Hall–Kier alpha value is -3.04. The quantitative estimate of drug-likeness (QED) is 0.510. The van der Waals surface area contributed by atoms with Crippen LogP contribution in [0.5, 0.6) is 0 Å². The highest BCUT2D eigenvalue weighted by Gasteiger charge is 2.34. The van der Waals surface area contributed by atoms with E-state index in [1.807, 2.05) is 18.2 Å². The summed E-state index contributed by atoms with van der Waals surface area (Å²) in [7, 11) is 1.26. The molecule has 0 fully saturated rings. The number of amides is 1. The highest BCUT2D eigenvalue weighted by Crippen LogP contribution is 2.24. The lowest BCUT2D eigenvalue weighted by Crippen LogP contribution is -2.31. The first-order valence-electron chi connectivity index (χ1n) is 8.18. The number of hydrogen-bond donors (Lipinski definition) is 3. The molecule has 0 atom stereocenters. The first-order chi connectivity index (χ1) is 13.0. The molecule has 0 saturated heterocycles. The van der Waals surface area contributed by atoms with Crippen molar-refractivity contribution in [3.63, 3.8) is 0 Å². The Morgan fingerprint density at radius 1 is 1.37 bits per heavy atom. The molecular formula is C18H18N4O4S. The zero-order valence-electron chi connectivity index (χ0n) is 14.6. The number of carbonyl (C=O) groups is 2. The third-order valence-electron chi connectivity index (χ3n) is 4.09. The predicted molar refractivity (Wildman–Crippen MR) is 101 cm³/mol. The van der Waals surface area contributed by atoms with Gasteiger partial charge in [-0.3, -0.25) is 4.79 Å². The van der Waals surface area contributed by atoms with Crippen molar-refractivity contribution in [1.82, 2.24) is 14.9 Å². The number of nitrogens with zero attached hydrogens (tertiary/aromatic N) is 2. The monoisotopic (exact) mass is 386 g/mol. The van der Waals surface area contributed by atoms with Gasteiger partial charge in [-0.25, -0.2) is 9.78 Å². The molecule has 3 N–H and O–H groups in total. The summed E-state index contributed by atoms with van der Waals surface area (Å²) < 4.78 is 5.16. The Bertz CT molecular complexity index is 952. The van der Waals surface area contributed by atoms with Gasteiger partial charge in [0.25, 0.3) is 5.91 Å². The molecule has 1 amide bonds. The van der Waals surface area contributed by atoms with E-state index in [9.17, 15) is 9.59 Å². The van der Waals surface area contributed by atoms with Crippen LogP contribution >= 0.6 is 12.2 Å².